The summed E-state index contributed by atoms with van der Waals surface area (Å²) in [6.45, 7) is 6.77. The standard InChI is InChI=1S/C28H25N/c1-18(2)16-20-8-10-22(19(3)17-20)28-27-13-12-24-23-7-5-4-6-21(23)9-11-25(24)26(27)14-15-29-28/h4-15,17-18H,16H2,1-3H3/p+1. The van der Waals surface area contributed by atoms with E-state index in [0.717, 1.165) is 6.42 Å². The van der Waals surface area contributed by atoms with Gasteiger partial charge in [0.2, 0.25) is 5.69 Å². The molecule has 1 N–H and O–H groups in total. The molecule has 0 aliphatic rings. The van der Waals surface area contributed by atoms with Crippen LogP contribution >= 0.6 is 0 Å². The predicted octanol–water partition coefficient (Wildman–Crippen LogP) is 7.13. The summed E-state index contributed by atoms with van der Waals surface area (Å²) in [6, 6.07) is 26.8. The maximum absolute atomic E-state index is 3.53. The monoisotopic (exact) mass is 376 g/mol. The first kappa shape index (κ1) is 17.9. The Labute approximate surface area is 172 Å². The summed E-state index contributed by atoms with van der Waals surface area (Å²) in [5, 5.41) is 7.80. The first-order valence-electron chi connectivity index (χ1n) is 10.5. The summed E-state index contributed by atoms with van der Waals surface area (Å²) in [5.41, 5.74) is 5.22. The van der Waals surface area contributed by atoms with Gasteiger partial charge in [0.25, 0.3) is 0 Å². The lowest BCUT2D eigenvalue weighted by Gasteiger charge is -2.11. The molecule has 0 fully saturated rings. The van der Waals surface area contributed by atoms with Crippen LogP contribution in [0.4, 0.5) is 0 Å². The summed E-state index contributed by atoms with van der Waals surface area (Å²) in [6.07, 6.45) is 3.20. The van der Waals surface area contributed by atoms with Gasteiger partial charge in [0, 0.05) is 17.0 Å². The Morgan fingerprint density at radius 2 is 1.45 bits per heavy atom. The number of hydrogen-bond donors (Lipinski definition) is 0. The molecule has 0 spiro atoms. The number of benzene rings is 4. The van der Waals surface area contributed by atoms with Crippen LogP contribution in [0.1, 0.15) is 25.0 Å². The Kier molecular flexibility index (Phi) is 4.32. The summed E-state index contributed by atoms with van der Waals surface area (Å²) in [5.74, 6) is 0.672. The molecule has 1 heterocycles. The third-order valence-corrected chi connectivity index (χ3v) is 5.92. The Morgan fingerprint density at radius 1 is 0.724 bits per heavy atom. The van der Waals surface area contributed by atoms with Gasteiger partial charge in [-0.1, -0.05) is 68.4 Å². The molecular formula is C28H26N+. The fourth-order valence-corrected chi connectivity index (χ4v) is 4.62. The van der Waals surface area contributed by atoms with E-state index < -0.39 is 0 Å². The molecule has 0 unspecified atom stereocenters. The van der Waals surface area contributed by atoms with Crippen molar-refractivity contribution in [2.75, 3.05) is 0 Å². The van der Waals surface area contributed by atoms with E-state index in [9.17, 15) is 0 Å². The molecule has 5 aromatic rings. The van der Waals surface area contributed by atoms with Crippen LogP contribution in [-0.2, 0) is 6.42 Å². The average molecular weight is 377 g/mol. The van der Waals surface area contributed by atoms with Crippen LogP contribution in [0.5, 0.6) is 0 Å². The van der Waals surface area contributed by atoms with Crippen molar-refractivity contribution >= 4 is 32.3 Å². The lowest BCUT2D eigenvalue weighted by molar-refractivity contribution is -0.362. The molecule has 0 aliphatic carbocycles. The highest BCUT2D eigenvalue weighted by Crippen LogP contribution is 2.34. The van der Waals surface area contributed by atoms with Crippen molar-refractivity contribution in [1.82, 2.24) is 0 Å². The van der Waals surface area contributed by atoms with Crippen molar-refractivity contribution < 1.29 is 4.98 Å². The zero-order valence-electron chi connectivity index (χ0n) is 17.3. The van der Waals surface area contributed by atoms with Crippen molar-refractivity contribution in [3.05, 3.63) is 90.1 Å². The normalized spacial score (nSPS) is 11.7. The molecule has 1 nitrogen and oxygen atoms in total. The SMILES string of the molecule is Cc1cc(CC(C)C)ccc1-c1[nH+]ccc2c1ccc1c3ccccc3ccc21. The van der Waals surface area contributed by atoms with Crippen LogP contribution in [0.25, 0.3) is 43.6 Å². The quantitative estimate of drug-likeness (QED) is 0.297. The second-order valence-electron chi connectivity index (χ2n) is 8.51. The Morgan fingerprint density at radius 3 is 2.28 bits per heavy atom. The second-order valence-corrected chi connectivity index (χ2v) is 8.51. The van der Waals surface area contributed by atoms with E-state index in [1.54, 1.807) is 0 Å². The molecule has 0 radical (unpaired) electrons. The van der Waals surface area contributed by atoms with E-state index in [1.165, 1.54) is 54.7 Å². The van der Waals surface area contributed by atoms with Crippen molar-refractivity contribution in [1.29, 1.82) is 0 Å². The van der Waals surface area contributed by atoms with Crippen molar-refractivity contribution in [2.24, 2.45) is 5.92 Å². The van der Waals surface area contributed by atoms with Gasteiger partial charge in [0.15, 0.2) is 6.20 Å². The molecule has 0 amide bonds. The van der Waals surface area contributed by atoms with E-state index in [1.807, 2.05) is 0 Å². The van der Waals surface area contributed by atoms with Crippen LogP contribution in [0.2, 0.25) is 0 Å². The van der Waals surface area contributed by atoms with Gasteiger partial charge in [-0.15, -0.1) is 0 Å². The molecule has 4 aromatic carbocycles. The highest BCUT2D eigenvalue weighted by molar-refractivity contribution is 6.18. The Bertz CT molecular complexity index is 1360. The van der Waals surface area contributed by atoms with Gasteiger partial charge in [-0.05, 0) is 64.1 Å². The van der Waals surface area contributed by atoms with E-state index in [0.29, 0.717) is 5.92 Å². The lowest BCUT2D eigenvalue weighted by atomic mass is 9.93. The van der Waals surface area contributed by atoms with Crippen molar-refractivity contribution in [2.45, 2.75) is 27.2 Å². The fourth-order valence-electron chi connectivity index (χ4n) is 4.62. The maximum atomic E-state index is 3.53. The van der Waals surface area contributed by atoms with Crippen LogP contribution < -0.4 is 4.98 Å². The summed E-state index contributed by atoms with van der Waals surface area (Å²) < 4.78 is 0. The minimum absolute atomic E-state index is 0.672. The molecule has 5 rings (SSSR count). The largest absolute Gasteiger partial charge is 0.218 e. The zero-order valence-corrected chi connectivity index (χ0v) is 17.3. The predicted molar refractivity (Wildman–Crippen MR) is 124 cm³/mol. The molecule has 0 saturated carbocycles. The minimum atomic E-state index is 0.672. The third kappa shape index (κ3) is 3.07. The number of fused-ring (bicyclic) bond motifs is 5. The van der Waals surface area contributed by atoms with E-state index in [2.05, 4.69) is 105 Å². The molecule has 142 valence electrons. The van der Waals surface area contributed by atoms with E-state index in [-0.39, 0.29) is 0 Å². The summed E-state index contributed by atoms with van der Waals surface area (Å²) >= 11 is 0. The van der Waals surface area contributed by atoms with Crippen LogP contribution in [0.3, 0.4) is 0 Å². The molecule has 0 atom stereocenters. The lowest BCUT2D eigenvalue weighted by Crippen LogP contribution is -2.07. The number of aromatic amines is 1. The molecular weight excluding hydrogens is 350 g/mol. The first-order chi connectivity index (χ1) is 14.1. The average Bonchev–Trinajstić information content (AvgIpc) is 2.72. The summed E-state index contributed by atoms with van der Waals surface area (Å²) in [4.78, 5) is 3.53. The second kappa shape index (κ2) is 7.00. The molecule has 0 saturated heterocycles. The molecule has 29 heavy (non-hydrogen) atoms. The van der Waals surface area contributed by atoms with Gasteiger partial charge >= 0.3 is 0 Å². The number of rotatable bonds is 3. The molecule has 1 heteroatoms. The van der Waals surface area contributed by atoms with E-state index in [4.69, 9.17) is 0 Å². The highest BCUT2D eigenvalue weighted by atomic mass is 14.7. The van der Waals surface area contributed by atoms with Crippen LogP contribution in [0, 0.1) is 12.8 Å². The van der Waals surface area contributed by atoms with Gasteiger partial charge in [-0.2, -0.15) is 0 Å². The molecule has 1 aromatic heterocycles. The van der Waals surface area contributed by atoms with Gasteiger partial charge < -0.3 is 0 Å². The number of aryl methyl sites for hydroxylation is 1. The van der Waals surface area contributed by atoms with E-state index >= 15 is 0 Å². The number of pyridine rings is 1. The molecule has 0 aliphatic heterocycles. The number of H-pyrrole nitrogens is 1. The smallest absolute Gasteiger partial charge is 0.211 e. The number of hydrogen-bond acceptors (Lipinski definition) is 0. The van der Waals surface area contributed by atoms with Crippen LogP contribution in [-0.4, -0.2) is 0 Å². The first-order valence-corrected chi connectivity index (χ1v) is 10.5. The third-order valence-electron chi connectivity index (χ3n) is 5.92. The fraction of sp³-hybridized carbons (Fsp3) is 0.179. The highest BCUT2D eigenvalue weighted by Gasteiger charge is 2.16. The zero-order chi connectivity index (χ0) is 20.0. The maximum Gasteiger partial charge on any atom is 0.218 e. The number of aromatic nitrogens is 1. The van der Waals surface area contributed by atoms with Gasteiger partial charge in [0.05, 0.1) is 5.39 Å². The number of nitrogens with one attached hydrogen (secondary N) is 1. The minimum Gasteiger partial charge on any atom is -0.211 e. The topological polar surface area (TPSA) is 14.1 Å². The molecule has 0 bridgehead atoms. The van der Waals surface area contributed by atoms with Crippen molar-refractivity contribution in [3.63, 3.8) is 0 Å². The Balaban J connectivity index is 1.74. The van der Waals surface area contributed by atoms with Crippen molar-refractivity contribution in [3.8, 4) is 11.3 Å². The van der Waals surface area contributed by atoms with Gasteiger partial charge in [0.1, 0.15) is 0 Å². The summed E-state index contributed by atoms with van der Waals surface area (Å²) in [7, 11) is 0. The van der Waals surface area contributed by atoms with Crippen LogP contribution in [0.15, 0.2) is 79.0 Å². The van der Waals surface area contributed by atoms with Gasteiger partial charge in [-0.3, -0.25) is 0 Å². The van der Waals surface area contributed by atoms with Gasteiger partial charge in [-0.25, -0.2) is 4.98 Å². The Hall–Kier alpha value is -3.19.